The highest BCUT2D eigenvalue weighted by atomic mass is 79.9. The average molecular weight is 572 g/mol. The maximum Gasteiger partial charge on any atom is 0.255 e. The number of amides is 1. The summed E-state index contributed by atoms with van der Waals surface area (Å²) in [4.78, 5) is 39.9. The molecular weight excluding hydrogens is 536 g/mol. The molecule has 4 heterocycles. The summed E-state index contributed by atoms with van der Waals surface area (Å²) >= 11 is 3.74. The number of piperidine rings is 1. The van der Waals surface area contributed by atoms with Crippen LogP contribution in [0.15, 0.2) is 21.4 Å². The van der Waals surface area contributed by atoms with E-state index in [0.29, 0.717) is 11.5 Å². The molecule has 0 bridgehead atoms. The third-order valence-electron chi connectivity index (χ3n) is 8.75. The predicted molar refractivity (Wildman–Crippen MR) is 147 cm³/mol. The van der Waals surface area contributed by atoms with Crippen LogP contribution in [0.25, 0.3) is 0 Å². The van der Waals surface area contributed by atoms with Crippen molar-refractivity contribution < 1.29 is 9.53 Å². The largest absolute Gasteiger partial charge is 0.379 e. The van der Waals surface area contributed by atoms with Crippen molar-refractivity contribution in [1.29, 1.82) is 0 Å². The van der Waals surface area contributed by atoms with Crippen LogP contribution in [-0.4, -0.2) is 79.8 Å². The van der Waals surface area contributed by atoms with Crippen molar-refractivity contribution in [3.63, 3.8) is 0 Å². The Hall–Kier alpha value is -2.43. The number of aromatic nitrogens is 2. The fraction of sp³-hybridized carbons (Fsp3) is 0.593. The van der Waals surface area contributed by atoms with Gasteiger partial charge in [-0.15, -0.1) is 0 Å². The minimum atomic E-state index is -0.416. The molecule has 37 heavy (non-hydrogen) atoms. The number of nitrogens with two attached hydrogens (primary N) is 1. The Morgan fingerprint density at radius 3 is 2.62 bits per heavy atom. The lowest BCUT2D eigenvalue weighted by Crippen LogP contribution is -2.47. The van der Waals surface area contributed by atoms with Gasteiger partial charge < -0.3 is 20.3 Å². The summed E-state index contributed by atoms with van der Waals surface area (Å²) < 4.78 is 6.32. The number of nitrogens with one attached hydrogen (secondary N) is 1. The van der Waals surface area contributed by atoms with Crippen LogP contribution in [0.4, 0.5) is 11.6 Å². The molecule has 3 aliphatic heterocycles. The van der Waals surface area contributed by atoms with Crippen LogP contribution >= 0.6 is 15.9 Å². The quantitative estimate of drug-likeness (QED) is 0.567. The number of rotatable bonds is 5. The molecule has 2 fully saturated rings. The van der Waals surface area contributed by atoms with E-state index >= 15 is 0 Å². The first-order valence-corrected chi connectivity index (χ1v) is 14.3. The lowest BCUT2D eigenvalue weighted by Gasteiger charge is -2.40. The van der Waals surface area contributed by atoms with Gasteiger partial charge in [0.15, 0.2) is 0 Å². The molecule has 3 N–H and O–H groups in total. The zero-order chi connectivity index (χ0) is 25.6. The minimum absolute atomic E-state index is 0.00988. The Labute approximate surface area is 225 Å². The lowest BCUT2D eigenvalue weighted by atomic mass is 9.74. The highest BCUT2D eigenvalue weighted by Crippen LogP contribution is 2.50. The number of benzene rings is 1. The van der Waals surface area contributed by atoms with Crippen LogP contribution in [0.1, 0.15) is 52.9 Å². The summed E-state index contributed by atoms with van der Waals surface area (Å²) in [6, 6.07) is 3.98. The number of carbonyl (C=O) groups is 1. The van der Waals surface area contributed by atoms with Crippen molar-refractivity contribution >= 4 is 33.5 Å². The second-order valence-corrected chi connectivity index (χ2v) is 11.6. The van der Waals surface area contributed by atoms with Gasteiger partial charge in [-0.2, -0.15) is 0 Å². The van der Waals surface area contributed by atoms with Gasteiger partial charge in [-0.3, -0.25) is 19.5 Å². The topological polar surface area (TPSA) is 108 Å². The molecule has 2 saturated heterocycles. The van der Waals surface area contributed by atoms with E-state index in [0.717, 1.165) is 119 Å². The van der Waals surface area contributed by atoms with Crippen molar-refractivity contribution in [1.82, 2.24) is 14.9 Å². The Morgan fingerprint density at radius 1 is 1.11 bits per heavy atom. The van der Waals surface area contributed by atoms with Gasteiger partial charge in [-0.1, -0.05) is 6.07 Å². The predicted octanol–water partition coefficient (Wildman–Crippen LogP) is 2.20. The molecule has 198 valence electrons. The second kappa shape index (κ2) is 10.0. The highest BCUT2D eigenvalue weighted by molar-refractivity contribution is 9.10. The number of primary amides is 1. The zero-order valence-electron chi connectivity index (χ0n) is 21.2. The molecule has 1 spiro atoms. The summed E-state index contributed by atoms with van der Waals surface area (Å²) in [5.41, 5.74) is 10.5. The van der Waals surface area contributed by atoms with Crippen molar-refractivity contribution in [2.75, 3.05) is 68.8 Å². The lowest BCUT2D eigenvalue weighted by molar-refractivity contribution is 0.0391. The summed E-state index contributed by atoms with van der Waals surface area (Å²) in [5.74, 6) is 0.300. The number of anilines is 2. The Kier molecular flexibility index (Phi) is 6.75. The van der Waals surface area contributed by atoms with Gasteiger partial charge in [0.25, 0.3) is 5.56 Å². The van der Waals surface area contributed by atoms with E-state index in [-0.39, 0.29) is 11.0 Å². The first kappa shape index (κ1) is 24.9. The molecule has 0 radical (unpaired) electrons. The summed E-state index contributed by atoms with van der Waals surface area (Å²) in [5, 5.41) is 0. The first-order chi connectivity index (χ1) is 17.9. The third-order valence-corrected chi connectivity index (χ3v) is 9.55. The highest BCUT2D eigenvalue weighted by Gasteiger charge is 2.46. The van der Waals surface area contributed by atoms with Crippen LogP contribution < -0.4 is 21.1 Å². The Morgan fingerprint density at radius 2 is 1.86 bits per heavy atom. The van der Waals surface area contributed by atoms with Gasteiger partial charge >= 0.3 is 0 Å². The summed E-state index contributed by atoms with van der Waals surface area (Å²) in [7, 11) is 0. The molecule has 0 saturated carbocycles. The molecule has 4 aliphatic rings. The molecule has 1 aliphatic carbocycles. The smallest absolute Gasteiger partial charge is 0.255 e. The van der Waals surface area contributed by atoms with Crippen LogP contribution in [0.5, 0.6) is 0 Å². The molecule has 0 atom stereocenters. The van der Waals surface area contributed by atoms with Crippen LogP contribution in [0, 0.1) is 0 Å². The van der Waals surface area contributed by atoms with E-state index in [4.69, 9.17) is 15.5 Å². The number of hydrogen-bond acceptors (Lipinski definition) is 7. The fourth-order valence-corrected chi connectivity index (χ4v) is 7.41. The normalized spacial score (nSPS) is 21.2. The number of carbonyl (C=O) groups excluding carboxylic acids is 1. The molecule has 1 aromatic heterocycles. The number of H-pyrrole nitrogens is 1. The van der Waals surface area contributed by atoms with Crippen LogP contribution in [0.3, 0.4) is 0 Å². The van der Waals surface area contributed by atoms with Gasteiger partial charge in [-0.25, -0.2) is 4.98 Å². The van der Waals surface area contributed by atoms with E-state index < -0.39 is 5.91 Å². The summed E-state index contributed by atoms with van der Waals surface area (Å²) in [6.45, 7) is 7.88. The van der Waals surface area contributed by atoms with Crippen molar-refractivity contribution in [2.24, 2.45) is 5.73 Å². The standard InChI is InChI=1S/C27H35BrN6O3/c28-22-19(24(29)35)5-6-20-23(22)34(12-11-32-13-15-37-16-14-32)17-27(20)7-9-33(10-8-27)26-30-21-4-2-1-3-18(21)25(36)31-26/h5-6H,1-4,7-17H2,(H2,29,35)(H,30,31,36). The van der Waals surface area contributed by atoms with Gasteiger partial charge in [0, 0.05) is 56.8 Å². The van der Waals surface area contributed by atoms with Crippen molar-refractivity contribution in [3.8, 4) is 0 Å². The monoisotopic (exact) mass is 570 g/mol. The molecule has 10 heteroatoms. The fourth-order valence-electron chi connectivity index (χ4n) is 6.61. The molecule has 1 amide bonds. The number of aromatic amines is 1. The molecule has 6 rings (SSSR count). The third kappa shape index (κ3) is 4.57. The molecule has 0 unspecified atom stereocenters. The molecule has 2 aromatic rings. The zero-order valence-corrected chi connectivity index (χ0v) is 22.8. The van der Waals surface area contributed by atoms with Crippen LogP contribution in [-0.2, 0) is 23.0 Å². The van der Waals surface area contributed by atoms with Gasteiger partial charge in [-0.05, 0) is 66.1 Å². The Bertz CT molecular complexity index is 1250. The van der Waals surface area contributed by atoms with Crippen molar-refractivity contribution in [3.05, 3.63) is 49.3 Å². The van der Waals surface area contributed by atoms with Gasteiger partial charge in [0.2, 0.25) is 11.9 Å². The molecule has 1 aromatic carbocycles. The van der Waals surface area contributed by atoms with Gasteiger partial charge in [0.05, 0.1) is 34.6 Å². The van der Waals surface area contributed by atoms with E-state index in [1.807, 2.05) is 6.07 Å². The number of ether oxygens (including phenoxy) is 1. The SMILES string of the molecule is NC(=O)c1ccc2c(c1Br)N(CCN1CCOCC1)CC21CCN(c2nc3c(c(=O)[nH]2)CCCC3)CC1. The maximum atomic E-state index is 12.7. The van der Waals surface area contributed by atoms with E-state index in [1.165, 1.54) is 5.56 Å². The molecule has 9 nitrogen and oxygen atoms in total. The van der Waals surface area contributed by atoms with E-state index in [1.54, 1.807) is 0 Å². The number of morpholine rings is 1. The molecular formula is C27H35BrN6O3. The average Bonchev–Trinajstić information content (AvgIpc) is 3.22. The van der Waals surface area contributed by atoms with E-state index in [2.05, 4.69) is 41.7 Å². The number of aryl methyl sites for hydroxylation is 1. The number of nitrogens with zero attached hydrogens (tertiary/aromatic N) is 4. The van der Waals surface area contributed by atoms with E-state index in [9.17, 15) is 9.59 Å². The number of hydrogen-bond donors (Lipinski definition) is 2. The number of halogens is 1. The van der Waals surface area contributed by atoms with Crippen LogP contribution in [0.2, 0.25) is 0 Å². The first-order valence-electron chi connectivity index (χ1n) is 13.5. The summed E-state index contributed by atoms with van der Waals surface area (Å²) in [6.07, 6.45) is 5.81. The maximum absolute atomic E-state index is 12.7. The van der Waals surface area contributed by atoms with Gasteiger partial charge in [0.1, 0.15) is 0 Å². The van der Waals surface area contributed by atoms with Crippen molar-refractivity contribution in [2.45, 2.75) is 43.9 Å². The second-order valence-electron chi connectivity index (χ2n) is 10.9. The number of fused-ring (bicyclic) bond motifs is 3. The minimum Gasteiger partial charge on any atom is -0.379 e. The Balaban J connectivity index is 1.25.